The number of carbonyl (C=O) groups excluding carboxylic acids is 1. The maximum atomic E-state index is 11.7. The van der Waals surface area contributed by atoms with Crippen LogP contribution >= 0.6 is 0 Å². The van der Waals surface area contributed by atoms with E-state index in [-0.39, 0.29) is 18.0 Å². The topological polar surface area (TPSA) is 61.5 Å². The number of cyclic esters (lactones) is 1. The van der Waals surface area contributed by atoms with Crippen LogP contribution in [-0.4, -0.2) is 31.3 Å². The zero-order valence-corrected chi connectivity index (χ0v) is 11.2. The van der Waals surface area contributed by atoms with Crippen molar-refractivity contribution in [2.45, 2.75) is 31.9 Å². The van der Waals surface area contributed by atoms with Gasteiger partial charge in [0.25, 0.3) is 0 Å². The van der Waals surface area contributed by atoms with E-state index in [1.54, 1.807) is 0 Å². The molecule has 1 aromatic carbocycles. The lowest BCUT2D eigenvalue weighted by molar-refractivity contribution is -0.152. The van der Waals surface area contributed by atoms with E-state index in [9.17, 15) is 4.79 Å². The maximum absolute atomic E-state index is 11.7. The lowest BCUT2D eigenvalue weighted by Gasteiger charge is -2.23. The summed E-state index contributed by atoms with van der Waals surface area (Å²) in [4.78, 5) is 11.7. The predicted molar refractivity (Wildman–Crippen MR) is 72.6 cm³/mol. The van der Waals surface area contributed by atoms with Crippen molar-refractivity contribution in [2.75, 3.05) is 13.2 Å². The number of benzene rings is 1. The Labute approximate surface area is 113 Å². The number of esters is 1. The summed E-state index contributed by atoms with van der Waals surface area (Å²) in [5.74, 6) is -0.160. The number of hydrogen-bond donors (Lipinski definition) is 1. The molecule has 0 unspecified atom stereocenters. The Hall–Kier alpha value is -1.39. The zero-order chi connectivity index (χ0) is 13.7. The van der Waals surface area contributed by atoms with Crippen molar-refractivity contribution >= 4 is 5.97 Å². The molecule has 1 saturated heterocycles. The lowest BCUT2D eigenvalue weighted by atomic mass is 9.95. The molecular formula is C15H21NO3. The molecule has 19 heavy (non-hydrogen) atoms. The molecule has 0 bridgehead atoms. The molecule has 1 aliphatic heterocycles. The van der Waals surface area contributed by atoms with Crippen molar-refractivity contribution in [2.24, 2.45) is 11.7 Å². The Kier molecular flexibility index (Phi) is 4.93. The molecule has 1 aromatic rings. The summed E-state index contributed by atoms with van der Waals surface area (Å²) in [5.41, 5.74) is 6.95. The molecule has 1 fully saturated rings. The predicted octanol–water partition coefficient (Wildman–Crippen LogP) is 1.52. The highest BCUT2D eigenvalue weighted by Gasteiger charge is 2.26. The summed E-state index contributed by atoms with van der Waals surface area (Å²) < 4.78 is 11.0. The van der Waals surface area contributed by atoms with E-state index in [1.807, 2.05) is 25.1 Å². The van der Waals surface area contributed by atoms with Crippen LogP contribution < -0.4 is 5.73 Å². The SMILES string of the molecule is C[C@@H]1OC(=O)[C@@H](N)CCOC[C@H]1Cc1ccccc1. The van der Waals surface area contributed by atoms with Crippen LogP contribution in [0, 0.1) is 5.92 Å². The fraction of sp³-hybridized carbons (Fsp3) is 0.533. The maximum Gasteiger partial charge on any atom is 0.323 e. The molecule has 0 aliphatic carbocycles. The summed E-state index contributed by atoms with van der Waals surface area (Å²) >= 11 is 0. The summed E-state index contributed by atoms with van der Waals surface area (Å²) in [6.07, 6.45) is 1.17. The minimum atomic E-state index is -0.571. The number of carbonyl (C=O) groups is 1. The molecule has 1 aliphatic rings. The molecule has 4 heteroatoms. The molecule has 4 nitrogen and oxygen atoms in total. The fourth-order valence-corrected chi connectivity index (χ4v) is 2.21. The van der Waals surface area contributed by atoms with Gasteiger partial charge in [0, 0.05) is 12.5 Å². The molecule has 0 amide bonds. The van der Waals surface area contributed by atoms with Gasteiger partial charge in [0.2, 0.25) is 0 Å². The Morgan fingerprint density at radius 2 is 2.05 bits per heavy atom. The molecule has 3 atom stereocenters. The Balaban J connectivity index is 2.03. The van der Waals surface area contributed by atoms with Gasteiger partial charge < -0.3 is 15.2 Å². The van der Waals surface area contributed by atoms with Crippen molar-refractivity contribution in [1.82, 2.24) is 0 Å². The molecule has 2 N–H and O–H groups in total. The van der Waals surface area contributed by atoms with E-state index in [2.05, 4.69) is 12.1 Å². The first kappa shape index (κ1) is 14.0. The second-order valence-electron chi connectivity index (χ2n) is 5.06. The number of ether oxygens (including phenoxy) is 2. The third-order valence-corrected chi connectivity index (χ3v) is 3.51. The minimum Gasteiger partial charge on any atom is -0.461 e. The molecule has 2 rings (SSSR count). The van der Waals surface area contributed by atoms with Gasteiger partial charge in [-0.25, -0.2) is 0 Å². The molecule has 0 saturated carbocycles. The highest BCUT2D eigenvalue weighted by molar-refractivity contribution is 5.75. The van der Waals surface area contributed by atoms with Crippen molar-refractivity contribution in [3.8, 4) is 0 Å². The van der Waals surface area contributed by atoms with E-state index in [0.29, 0.717) is 19.6 Å². The van der Waals surface area contributed by atoms with Crippen LogP contribution in [0.2, 0.25) is 0 Å². The van der Waals surface area contributed by atoms with Crippen LogP contribution in [0.15, 0.2) is 30.3 Å². The van der Waals surface area contributed by atoms with E-state index in [1.165, 1.54) is 5.56 Å². The van der Waals surface area contributed by atoms with Crippen molar-refractivity contribution in [3.63, 3.8) is 0 Å². The Bertz CT molecular complexity index is 407. The van der Waals surface area contributed by atoms with Crippen LogP contribution in [0.4, 0.5) is 0 Å². The fourth-order valence-electron chi connectivity index (χ4n) is 2.21. The van der Waals surface area contributed by atoms with Crippen LogP contribution in [0.25, 0.3) is 0 Å². The zero-order valence-electron chi connectivity index (χ0n) is 11.2. The van der Waals surface area contributed by atoms with Gasteiger partial charge in [-0.3, -0.25) is 4.79 Å². The standard InChI is InChI=1S/C15H21NO3/c1-11-13(9-12-5-3-2-4-6-12)10-18-8-7-14(16)15(17)19-11/h2-6,11,13-14H,7-10,16H2,1H3/t11-,13+,14-/m0/s1. The van der Waals surface area contributed by atoms with Gasteiger partial charge in [0.05, 0.1) is 6.61 Å². The molecule has 104 valence electrons. The summed E-state index contributed by atoms with van der Waals surface area (Å²) in [5, 5.41) is 0. The molecular weight excluding hydrogens is 242 g/mol. The summed E-state index contributed by atoms with van der Waals surface area (Å²) in [6, 6.07) is 9.60. The molecule has 0 spiro atoms. The molecule has 1 heterocycles. The van der Waals surface area contributed by atoms with E-state index < -0.39 is 6.04 Å². The van der Waals surface area contributed by atoms with Gasteiger partial charge in [-0.15, -0.1) is 0 Å². The van der Waals surface area contributed by atoms with Gasteiger partial charge in [-0.1, -0.05) is 30.3 Å². The Morgan fingerprint density at radius 3 is 2.79 bits per heavy atom. The lowest BCUT2D eigenvalue weighted by Crippen LogP contribution is -2.36. The van der Waals surface area contributed by atoms with Gasteiger partial charge in [0.1, 0.15) is 12.1 Å². The normalized spacial score (nSPS) is 28.9. The van der Waals surface area contributed by atoms with Crippen LogP contribution in [0.5, 0.6) is 0 Å². The average molecular weight is 263 g/mol. The third-order valence-electron chi connectivity index (χ3n) is 3.51. The van der Waals surface area contributed by atoms with Gasteiger partial charge >= 0.3 is 5.97 Å². The highest BCUT2D eigenvalue weighted by atomic mass is 16.5. The van der Waals surface area contributed by atoms with Crippen LogP contribution in [-0.2, 0) is 20.7 Å². The first-order chi connectivity index (χ1) is 9.16. The van der Waals surface area contributed by atoms with Crippen molar-refractivity contribution in [3.05, 3.63) is 35.9 Å². The van der Waals surface area contributed by atoms with E-state index in [4.69, 9.17) is 15.2 Å². The molecule has 0 radical (unpaired) electrons. The number of nitrogens with two attached hydrogens (primary N) is 1. The molecule has 0 aromatic heterocycles. The highest BCUT2D eigenvalue weighted by Crippen LogP contribution is 2.18. The van der Waals surface area contributed by atoms with E-state index >= 15 is 0 Å². The summed E-state index contributed by atoms with van der Waals surface area (Å²) in [7, 11) is 0. The van der Waals surface area contributed by atoms with Crippen molar-refractivity contribution < 1.29 is 14.3 Å². The third kappa shape index (κ3) is 4.04. The van der Waals surface area contributed by atoms with Crippen LogP contribution in [0.1, 0.15) is 18.9 Å². The second-order valence-corrected chi connectivity index (χ2v) is 5.06. The first-order valence-corrected chi connectivity index (χ1v) is 6.74. The van der Waals surface area contributed by atoms with E-state index in [0.717, 1.165) is 6.42 Å². The van der Waals surface area contributed by atoms with Crippen molar-refractivity contribution in [1.29, 1.82) is 0 Å². The average Bonchev–Trinajstić information content (AvgIpc) is 2.46. The van der Waals surface area contributed by atoms with Gasteiger partial charge in [-0.2, -0.15) is 0 Å². The quantitative estimate of drug-likeness (QED) is 0.822. The number of hydrogen-bond acceptors (Lipinski definition) is 4. The Morgan fingerprint density at radius 1 is 1.32 bits per heavy atom. The first-order valence-electron chi connectivity index (χ1n) is 6.74. The van der Waals surface area contributed by atoms with Gasteiger partial charge in [0.15, 0.2) is 0 Å². The number of rotatable bonds is 2. The smallest absolute Gasteiger partial charge is 0.323 e. The van der Waals surface area contributed by atoms with Gasteiger partial charge in [-0.05, 0) is 25.3 Å². The monoisotopic (exact) mass is 263 g/mol. The summed E-state index contributed by atoms with van der Waals surface area (Å²) in [6.45, 7) is 3.01. The largest absolute Gasteiger partial charge is 0.461 e. The second kappa shape index (κ2) is 6.68. The van der Waals surface area contributed by atoms with Crippen LogP contribution in [0.3, 0.4) is 0 Å². The minimum absolute atomic E-state index is 0.164.